The summed E-state index contributed by atoms with van der Waals surface area (Å²) in [5, 5.41) is 2.92. The number of hydrogen-bond donors (Lipinski definition) is 0. The van der Waals surface area contributed by atoms with Gasteiger partial charge in [-0.3, -0.25) is 0 Å². The van der Waals surface area contributed by atoms with Crippen molar-refractivity contribution in [3.8, 4) is 11.4 Å². The van der Waals surface area contributed by atoms with Gasteiger partial charge in [0.1, 0.15) is 0 Å². The van der Waals surface area contributed by atoms with E-state index in [0.29, 0.717) is 10.8 Å². The van der Waals surface area contributed by atoms with E-state index in [4.69, 9.17) is 33.2 Å². The van der Waals surface area contributed by atoms with Gasteiger partial charge in [-0.25, -0.2) is 19.9 Å². The van der Waals surface area contributed by atoms with Crippen molar-refractivity contribution < 1.29 is 0 Å². The van der Waals surface area contributed by atoms with Gasteiger partial charge in [0.25, 0.3) is 0 Å². The Bertz CT molecular complexity index is 1200. The van der Waals surface area contributed by atoms with Crippen LogP contribution in [0.3, 0.4) is 0 Å². The van der Waals surface area contributed by atoms with E-state index >= 15 is 0 Å². The first-order chi connectivity index (χ1) is 13.3. The molecule has 0 N–H and O–H groups in total. The van der Waals surface area contributed by atoms with E-state index in [2.05, 4.69) is 37.7 Å². The van der Waals surface area contributed by atoms with Crippen LogP contribution in [0.5, 0.6) is 0 Å². The molecule has 0 unspecified atom stereocenters. The van der Waals surface area contributed by atoms with E-state index in [0.717, 1.165) is 38.8 Å². The molecule has 2 heterocycles. The Morgan fingerprint density at radius 2 is 1.39 bits per heavy atom. The molecule has 0 aliphatic heterocycles. The monoisotopic (exact) mass is 410 g/mol. The van der Waals surface area contributed by atoms with Crippen molar-refractivity contribution in [2.45, 2.75) is 39.5 Å². The molecule has 0 aliphatic carbocycles. The van der Waals surface area contributed by atoms with Gasteiger partial charge < -0.3 is 0 Å². The minimum Gasteiger partial charge on any atom is -0.232 e. The summed E-state index contributed by atoms with van der Waals surface area (Å²) < 4.78 is 0. The average molecular weight is 411 g/mol. The molecular formula is C22H20Cl2N4. The summed E-state index contributed by atoms with van der Waals surface area (Å²) >= 11 is 12.4. The lowest BCUT2D eigenvalue weighted by Crippen LogP contribution is -2.01. The maximum Gasteiger partial charge on any atom is 0.223 e. The number of hydrogen-bond acceptors (Lipinski definition) is 4. The highest BCUT2D eigenvalue weighted by Crippen LogP contribution is 2.31. The zero-order valence-corrected chi connectivity index (χ0v) is 17.7. The molecule has 2 aromatic heterocycles. The van der Waals surface area contributed by atoms with Crippen LogP contribution >= 0.6 is 23.2 Å². The second-order valence-electron chi connectivity index (χ2n) is 7.51. The molecule has 6 heteroatoms. The summed E-state index contributed by atoms with van der Waals surface area (Å²) in [6.07, 6.45) is 0. The van der Waals surface area contributed by atoms with Crippen LogP contribution < -0.4 is 0 Å². The second kappa shape index (κ2) is 7.26. The number of nitrogens with zero attached hydrogens (tertiary/aromatic N) is 4. The normalized spacial score (nSPS) is 11.9. The average Bonchev–Trinajstić information content (AvgIpc) is 2.65. The van der Waals surface area contributed by atoms with Crippen LogP contribution in [0, 0.1) is 0 Å². The van der Waals surface area contributed by atoms with E-state index in [9.17, 15) is 0 Å². The zero-order valence-electron chi connectivity index (χ0n) is 16.2. The van der Waals surface area contributed by atoms with Gasteiger partial charge >= 0.3 is 0 Å². The molecule has 0 bridgehead atoms. The van der Waals surface area contributed by atoms with Crippen molar-refractivity contribution in [1.82, 2.24) is 19.9 Å². The van der Waals surface area contributed by atoms with Crippen LogP contribution in [0.25, 0.3) is 33.2 Å². The van der Waals surface area contributed by atoms with E-state index < -0.39 is 0 Å². The van der Waals surface area contributed by atoms with E-state index in [1.54, 1.807) is 0 Å². The summed E-state index contributed by atoms with van der Waals surface area (Å²) in [6.45, 7) is 8.43. The molecule has 0 saturated carbocycles. The zero-order chi connectivity index (χ0) is 20.0. The molecule has 0 amide bonds. The molecular weight excluding hydrogens is 391 g/mol. The number of halogens is 2. The molecule has 0 atom stereocenters. The van der Waals surface area contributed by atoms with Crippen molar-refractivity contribution in [3.63, 3.8) is 0 Å². The Kier molecular flexibility index (Phi) is 4.94. The fraction of sp³-hybridized carbons (Fsp3) is 0.273. The maximum atomic E-state index is 6.19. The number of benzene rings is 2. The first-order valence-corrected chi connectivity index (χ1v) is 10.0. The van der Waals surface area contributed by atoms with Gasteiger partial charge in [0.05, 0.1) is 22.4 Å². The first-order valence-electron chi connectivity index (χ1n) is 9.28. The second-order valence-corrected chi connectivity index (χ2v) is 8.29. The fourth-order valence-corrected chi connectivity index (χ4v) is 3.75. The summed E-state index contributed by atoms with van der Waals surface area (Å²) in [5.74, 6) is 1.16. The van der Waals surface area contributed by atoms with E-state index in [-0.39, 0.29) is 17.1 Å². The lowest BCUT2D eigenvalue weighted by Gasteiger charge is -2.13. The lowest BCUT2D eigenvalue weighted by atomic mass is 10.0. The van der Waals surface area contributed by atoms with Crippen molar-refractivity contribution >= 4 is 45.0 Å². The third kappa shape index (κ3) is 3.43. The van der Waals surface area contributed by atoms with Crippen molar-refractivity contribution in [2.24, 2.45) is 0 Å². The summed E-state index contributed by atoms with van der Waals surface area (Å²) in [4.78, 5) is 18.4. The Morgan fingerprint density at radius 1 is 0.679 bits per heavy atom. The Hall–Kier alpha value is -2.30. The number of rotatable bonds is 3. The summed E-state index contributed by atoms with van der Waals surface area (Å²) in [5.41, 5.74) is 4.49. The first kappa shape index (κ1) is 19.0. The topological polar surface area (TPSA) is 51.6 Å². The number of fused-ring (bicyclic) bond motifs is 2. The highest BCUT2D eigenvalue weighted by molar-refractivity contribution is 6.31. The van der Waals surface area contributed by atoms with Crippen LogP contribution in [-0.2, 0) is 0 Å². The quantitative estimate of drug-likeness (QED) is 0.348. The molecule has 0 aliphatic rings. The molecule has 4 nitrogen and oxygen atoms in total. The van der Waals surface area contributed by atoms with Crippen LogP contribution in [0.1, 0.15) is 50.9 Å². The Labute approximate surface area is 174 Å². The third-order valence-corrected chi connectivity index (χ3v) is 5.14. The van der Waals surface area contributed by atoms with Gasteiger partial charge in [-0.1, -0.05) is 51.4 Å². The Balaban J connectivity index is 1.95. The van der Waals surface area contributed by atoms with Gasteiger partial charge in [-0.2, -0.15) is 0 Å². The van der Waals surface area contributed by atoms with Crippen molar-refractivity contribution in [2.75, 3.05) is 0 Å². The predicted octanol–water partition coefficient (Wildman–Crippen LogP) is 6.79. The van der Waals surface area contributed by atoms with Crippen LogP contribution in [0.4, 0.5) is 0 Å². The third-order valence-electron chi connectivity index (χ3n) is 4.74. The van der Waals surface area contributed by atoms with Gasteiger partial charge in [0.2, 0.25) is 5.28 Å². The van der Waals surface area contributed by atoms with Gasteiger partial charge in [0.15, 0.2) is 5.82 Å². The van der Waals surface area contributed by atoms with E-state index in [1.165, 1.54) is 0 Å². The standard InChI is InChI=1S/C22H20Cl2N4/c1-11(2)19-15-7-5-13(9-18(15)26-22(24)28-19)21-25-17-8-6-14(23)10-16(17)20(27-21)12(3)4/h5-12H,1-4H3. The molecule has 0 spiro atoms. The smallest absolute Gasteiger partial charge is 0.223 e. The molecule has 0 radical (unpaired) electrons. The molecule has 4 rings (SSSR count). The van der Waals surface area contributed by atoms with Crippen LogP contribution in [-0.4, -0.2) is 19.9 Å². The van der Waals surface area contributed by atoms with Gasteiger partial charge in [0, 0.05) is 21.4 Å². The molecule has 4 aromatic rings. The van der Waals surface area contributed by atoms with Gasteiger partial charge in [-0.15, -0.1) is 0 Å². The highest BCUT2D eigenvalue weighted by atomic mass is 35.5. The minimum atomic E-state index is 0.243. The SMILES string of the molecule is CC(C)c1nc(Cl)nc2cc(-c3nc(C(C)C)c4cc(Cl)ccc4n3)ccc12. The van der Waals surface area contributed by atoms with Gasteiger partial charge in [-0.05, 0) is 47.7 Å². The highest BCUT2D eigenvalue weighted by Gasteiger charge is 2.15. The van der Waals surface area contributed by atoms with E-state index in [1.807, 2.05) is 36.4 Å². The summed E-state index contributed by atoms with van der Waals surface area (Å²) in [7, 11) is 0. The number of aromatic nitrogens is 4. The maximum absolute atomic E-state index is 6.19. The summed E-state index contributed by atoms with van der Waals surface area (Å²) in [6, 6.07) is 11.8. The largest absolute Gasteiger partial charge is 0.232 e. The molecule has 0 fully saturated rings. The molecule has 28 heavy (non-hydrogen) atoms. The molecule has 2 aromatic carbocycles. The Morgan fingerprint density at radius 3 is 2.11 bits per heavy atom. The van der Waals surface area contributed by atoms with Crippen molar-refractivity contribution in [3.05, 3.63) is 58.1 Å². The molecule has 142 valence electrons. The van der Waals surface area contributed by atoms with Crippen molar-refractivity contribution in [1.29, 1.82) is 0 Å². The predicted molar refractivity (Wildman–Crippen MR) is 116 cm³/mol. The fourth-order valence-electron chi connectivity index (χ4n) is 3.40. The lowest BCUT2D eigenvalue weighted by molar-refractivity contribution is 0.828. The van der Waals surface area contributed by atoms with Crippen LogP contribution in [0.15, 0.2) is 36.4 Å². The molecule has 0 saturated heterocycles. The van der Waals surface area contributed by atoms with Crippen LogP contribution in [0.2, 0.25) is 10.3 Å². The minimum absolute atomic E-state index is 0.243.